The molecule has 6 nitrogen and oxygen atoms in total. The Morgan fingerprint density at radius 1 is 0.750 bits per heavy atom. The molecule has 0 amide bonds. The molecule has 0 radical (unpaired) electrons. The fourth-order valence-corrected chi connectivity index (χ4v) is 6.60. The summed E-state index contributed by atoms with van der Waals surface area (Å²) in [5, 5.41) is 7.24. The third kappa shape index (κ3) is 8.58. The van der Waals surface area contributed by atoms with Crippen molar-refractivity contribution in [2.75, 3.05) is 0 Å². The number of carbonyl (C=O) groups is 2. The Morgan fingerprint density at radius 2 is 1.14 bits per heavy atom. The van der Waals surface area contributed by atoms with Crippen LogP contribution in [-0.4, -0.2) is 46.3 Å². The van der Waals surface area contributed by atoms with E-state index in [0.717, 1.165) is 6.42 Å². The lowest BCUT2D eigenvalue weighted by Crippen LogP contribution is -2.60. The highest BCUT2D eigenvalue weighted by Gasteiger charge is 2.43. The molecule has 1 aromatic carbocycles. The number of carbonyl (C=O) groups excluding carboxylic acids is 2. The maximum Gasteiger partial charge on any atom is 0.320 e. The van der Waals surface area contributed by atoms with Crippen molar-refractivity contribution in [1.82, 2.24) is 10.6 Å². The number of benzene rings is 1. The van der Waals surface area contributed by atoms with Gasteiger partial charge in [0.2, 0.25) is 0 Å². The van der Waals surface area contributed by atoms with Gasteiger partial charge in [-0.2, -0.15) is 0 Å². The number of aryl methyl sites for hydroxylation is 1. The van der Waals surface area contributed by atoms with Crippen LogP contribution in [0.5, 0.6) is 0 Å². The summed E-state index contributed by atoms with van der Waals surface area (Å²) < 4.78 is 12.1. The van der Waals surface area contributed by atoms with Gasteiger partial charge in [0.05, 0.1) is 0 Å². The average Bonchev–Trinajstić information content (AvgIpc) is 2.66. The third-order valence-electron chi connectivity index (χ3n) is 7.24. The van der Waals surface area contributed by atoms with Crippen molar-refractivity contribution >= 4 is 11.9 Å². The van der Waals surface area contributed by atoms with Gasteiger partial charge in [-0.25, -0.2) is 0 Å². The molecule has 2 aliphatic heterocycles. The maximum absolute atomic E-state index is 13.5. The van der Waals surface area contributed by atoms with Crippen LogP contribution in [0.25, 0.3) is 0 Å². The van der Waals surface area contributed by atoms with Crippen molar-refractivity contribution < 1.29 is 19.1 Å². The summed E-state index contributed by atoms with van der Waals surface area (Å²) in [5.74, 6) is -1.80. The van der Waals surface area contributed by atoms with E-state index in [1.54, 1.807) is 0 Å². The summed E-state index contributed by atoms with van der Waals surface area (Å²) in [4.78, 5) is 26.9. The van der Waals surface area contributed by atoms with E-state index in [1.165, 1.54) is 5.56 Å². The normalized spacial score (nSPS) is 23.2. The lowest BCUT2D eigenvalue weighted by molar-refractivity contribution is -0.172. The van der Waals surface area contributed by atoms with E-state index in [2.05, 4.69) is 78.2 Å². The van der Waals surface area contributed by atoms with E-state index in [4.69, 9.17) is 9.47 Å². The molecule has 202 valence electrons. The van der Waals surface area contributed by atoms with Crippen molar-refractivity contribution in [3.05, 3.63) is 35.9 Å². The van der Waals surface area contributed by atoms with E-state index in [0.29, 0.717) is 38.5 Å². The Morgan fingerprint density at radius 3 is 1.53 bits per heavy atom. The smallest absolute Gasteiger partial charge is 0.320 e. The van der Waals surface area contributed by atoms with Crippen LogP contribution < -0.4 is 10.6 Å². The first-order valence-corrected chi connectivity index (χ1v) is 13.6. The number of esters is 2. The Bertz CT molecular complexity index is 823. The fraction of sp³-hybridized carbons (Fsp3) is 0.733. The molecular weight excluding hydrogens is 452 g/mol. The zero-order chi connectivity index (χ0) is 26.8. The van der Waals surface area contributed by atoms with Gasteiger partial charge >= 0.3 is 11.9 Å². The number of ether oxygens (including phenoxy) is 2. The Labute approximate surface area is 218 Å². The van der Waals surface area contributed by atoms with Crippen molar-refractivity contribution in [3.8, 4) is 0 Å². The topological polar surface area (TPSA) is 76.7 Å². The van der Waals surface area contributed by atoms with E-state index in [1.807, 2.05) is 18.2 Å². The number of hydrogen-bond acceptors (Lipinski definition) is 6. The molecule has 0 saturated carbocycles. The minimum atomic E-state index is -0.907. The number of nitrogens with one attached hydrogen (secondary N) is 2. The molecule has 0 aromatic heterocycles. The minimum absolute atomic E-state index is 0.151. The van der Waals surface area contributed by atoms with Crippen LogP contribution in [0, 0.1) is 5.92 Å². The highest BCUT2D eigenvalue weighted by molar-refractivity contribution is 5.95. The Kier molecular flexibility index (Phi) is 8.61. The SMILES string of the molecule is CC1(C)CC(OC(=O)C(CCCc2ccccc2)C(=O)OC2CC(C)(C)NC(C)(C)C2)CC(C)(C)N1. The van der Waals surface area contributed by atoms with Gasteiger partial charge in [-0.1, -0.05) is 30.3 Å². The second-order valence-corrected chi connectivity index (χ2v) is 13.7. The molecule has 0 spiro atoms. The maximum atomic E-state index is 13.5. The van der Waals surface area contributed by atoms with Gasteiger partial charge in [0.1, 0.15) is 12.2 Å². The summed E-state index contributed by atoms with van der Waals surface area (Å²) in [6.07, 6.45) is 4.33. The Balaban J connectivity index is 1.70. The molecule has 0 unspecified atom stereocenters. The van der Waals surface area contributed by atoms with E-state index >= 15 is 0 Å². The van der Waals surface area contributed by atoms with E-state index < -0.39 is 17.9 Å². The van der Waals surface area contributed by atoms with E-state index in [9.17, 15) is 9.59 Å². The summed E-state index contributed by atoms with van der Waals surface area (Å²) in [5.41, 5.74) is 0.594. The van der Waals surface area contributed by atoms with Crippen molar-refractivity contribution in [2.45, 2.75) is 135 Å². The molecule has 0 atom stereocenters. The molecule has 0 aliphatic carbocycles. The summed E-state index contributed by atoms with van der Waals surface area (Å²) in [7, 11) is 0. The molecule has 2 N–H and O–H groups in total. The molecule has 2 saturated heterocycles. The summed E-state index contributed by atoms with van der Waals surface area (Å²) in [6.45, 7) is 17.0. The zero-order valence-electron chi connectivity index (χ0n) is 23.7. The largest absolute Gasteiger partial charge is 0.462 e. The van der Waals surface area contributed by atoms with Crippen molar-refractivity contribution in [1.29, 1.82) is 0 Å². The number of rotatable bonds is 8. The second kappa shape index (κ2) is 10.8. The first-order chi connectivity index (χ1) is 16.5. The quantitative estimate of drug-likeness (QED) is 0.371. The zero-order valence-corrected chi connectivity index (χ0v) is 23.7. The first kappa shape index (κ1) is 28.6. The van der Waals surface area contributed by atoms with E-state index in [-0.39, 0.29) is 34.4 Å². The molecule has 2 aliphatic rings. The van der Waals surface area contributed by atoms with Gasteiger partial charge in [0.15, 0.2) is 5.92 Å². The van der Waals surface area contributed by atoms with Crippen molar-refractivity contribution in [2.24, 2.45) is 5.92 Å². The standard InChI is InChI=1S/C30H48N2O4/c1-27(2)17-22(18-28(3,4)31-27)35-25(33)24(16-12-15-21-13-10-9-11-14-21)26(34)36-23-19-29(5,6)32-30(7,8)20-23/h9-11,13-14,22-24,31-32H,12,15-20H2,1-8H3. The van der Waals surface area contributed by atoms with Gasteiger partial charge in [0.25, 0.3) is 0 Å². The monoisotopic (exact) mass is 500 g/mol. The first-order valence-electron chi connectivity index (χ1n) is 13.6. The molecule has 2 heterocycles. The molecule has 36 heavy (non-hydrogen) atoms. The summed E-state index contributed by atoms with van der Waals surface area (Å²) in [6, 6.07) is 10.2. The molecular formula is C30H48N2O4. The van der Waals surface area contributed by atoms with Crippen LogP contribution in [0.15, 0.2) is 30.3 Å². The van der Waals surface area contributed by atoms with Crippen LogP contribution in [0.3, 0.4) is 0 Å². The average molecular weight is 501 g/mol. The lowest BCUT2D eigenvalue weighted by Gasteiger charge is -2.46. The van der Waals surface area contributed by atoms with Gasteiger partial charge in [-0.15, -0.1) is 0 Å². The van der Waals surface area contributed by atoms with Crippen LogP contribution >= 0.6 is 0 Å². The molecule has 0 bridgehead atoms. The number of hydrogen-bond donors (Lipinski definition) is 2. The predicted octanol–water partition coefficient (Wildman–Crippen LogP) is 5.33. The Hall–Kier alpha value is -1.92. The highest BCUT2D eigenvalue weighted by atomic mass is 16.6. The third-order valence-corrected chi connectivity index (χ3v) is 7.24. The van der Waals surface area contributed by atoms with Crippen molar-refractivity contribution in [3.63, 3.8) is 0 Å². The van der Waals surface area contributed by atoms with Crippen LogP contribution in [-0.2, 0) is 25.5 Å². The molecule has 2 fully saturated rings. The van der Waals surface area contributed by atoms with Gasteiger partial charge in [-0.05, 0) is 80.2 Å². The molecule has 1 aromatic rings. The lowest BCUT2D eigenvalue weighted by atomic mass is 9.81. The van der Waals surface area contributed by atoms with Crippen LogP contribution in [0.4, 0.5) is 0 Å². The summed E-state index contributed by atoms with van der Waals surface area (Å²) >= 11 is 0. The van der Waals surface area contributed by atoms with Gasteiger partial charge in [-0.3, -0.25) is 9.59 Å². The van der Waals surface area contributed by atoms with Crippen LogP contribution in [0.1, 0.15) is 99.5 Å². The molecule has 3 rings (SSSR count). The fourth-order valence-electron chi connectivity index (χ4n) is 6.60. The van der Waals surface area contributed by atoms with Gasteiger partial charge < -0.3 is 20.1 Å². The number of piperidine rings is 2. The van der Waals surface area contributed by atoms with Gasteiger partial charge in [0, 0.05) is 47.8 Å². The highest BCUT2D eigenvalue weighted by Crippen LogP contribution is 2.33. The van der Waals surface area contributed by atoms with Crippen LogP contribution in [0.2, 0.25) is 0 Å². The molecule has 6 heteroatoms. The predicted molar refractivity (Wildman–Crippen MR) is 144 cm³/mol. The minimum Gasteiger partial charge on any atom is -0.462 e. The second-order valence-electron chi connectivity index (χ2n) is 13.7.